The van der Waals surface area contributed by atoms with Crippen molar-refractivity contribution in [3.63, 3.8) is 0 Å². The van der Waals surface area contributed by atoms with Crippen molar-refractivity contribution in [1.29, 1.82) is 0 Å². The van der Waals surface area contributed by atoms with Crippen LogP contribution in [0.25, 0.3) is 0 Å². The molecule has 0 aromatic carbocycles. The van der Waals surface area contributed by atoms with Gasteiger partial charge in [-0.2, -0.15) is 0 Å². The van der Waals surface area contributed by atoms with Crippen molar-refractivity contribution in [2.75, 3.05) is 13.1 Å². The Bertz CT molecular complexity index is 169. The highest BCUT2D eigenvalue weighted by Gasteiger charge is 2.11. The topological polar surface area (TPSA) is 12.0 Å². The van der Waals surface area contributed by atoms with Crippen molar-refractivity contribution in [2.24, 2.45) is 5.92 Å². The van der Waals surface area contributed by atoms with Gasteiger partial charge < -0.3 is 5.32 Å². The lowest BCUT2D eigenvalue weighted by Gasteiger charge is -2.21. The van der Waals surface area contributed by atoms with Gasteiger partial charge in [0.05, 0.1) is 0 Å². The standard InChI is InChI=1S/C12H21N/c1-2-3-7-10-13-11-12-8-5-4-6-9-12/h12-13H,4-11H2,1H3. The third kappa shape index (κ3) is 4.95. The molecule has 0 bridgehead atoms. The molecule has 1 N–H and O–H groups in total. The third-order valence-corrected chi connectivity index (χ3v) is 2.76. The highest BCUT2D eigenvalue weighted by molar-refractivity contribution is 4.95. The van der Waals surface area contributed by atoms with Crippen LogP contribution in [0.3, 0.4) is 0 Å². The monoisotopic (exact) mass is 179 g/mol. The van der Waals surface area contributed by atoms with Gasteiger partial charge in [-0.25, -0.2) is 0 Å². The van der Waals surface area contributed by atoms with E-state index in [4.69, 9.17) is 0 Å². The molecular weight excluding hydrogens is 158 g/mol. The molecule has 0 radical (unpaired) electrons. The Labute approximate surface area is 82.3 Å². The van der Waals surface area contributed by atoms with Crippen LogP contribution < -0.4 is 5.32 Å². The van der Waals surface area contributed by atoms with E-state index in [9.17, 15) is 0 Å². The molecule has 0 spiro atoms. The Balaban J connectivity index is 1.94. The van der Waals surface area contributed by atoms with Gasteiger partial charge >= 0.3 is 0 Å². The fourth-order valence-electron chi connectivity index (χ4n) is 1.97. The first-order valence-corrected chi connectivity index (χ1v) is 5.54. The summed E-state index contributed by atoms with van der Waals surface area (Å²) in [6.45, 7) is 4.18. The molecule has 1 aliphatic carbocycles. The van der Waals surface area contributed by atoms with Gasteiger partial charge in [0.15, 0.2) is 0 Å². The number of hydrogen-bond acceptors (Lipinski definition) is 1. The second kappa shape index (κ2) is 6.97. The average Bonchev–Trinajstić information content (AvgIpc) is 2.19. The van der Waals surface area contributed by atoms with E-state index in [1.54, 1.807) is 0 Å². The smallest absolute Gasteiger partial charge is 0.0214 e. The first kappa shape index (κ1) is 10.6. The van der Waals surface area contributed by atoms with Gasteiger partial charge in [-0.1, -0.05) is 19.3 Å². The van der Waals surface area contributed by atoms with Crippen LogP contribution in [0.2, 0.25) is 0 Å². The van der Waals surface area contributed by atoms with Crippen LogP contribution in [0.4, 0.5) is 0 Å². The Morgan fingerprint density at radius 2 is 2.00 bits per heavy atom. The summed E-state index contributed by atoms with van der Waals surface area (Å²) in [7, 11) is 0. The molecule has 0 atom stereocenters. The molecule has 74 valence electrons. The van der Waals surface area contributed by atoms with Crippen molar-refractivity contribution in [3.05, 3.63) is 0 Å². The van der Waals surface area contributed by atoms with Gasteiger partial charge in [0.25, 0.3) is 0 Å². The van der Waals surface area contributed by atoms with Gasteiger partial charge in [-0.15, -0.1) is 11.8 Å². The number of nitrogens with one attached hydrogen (secondary N) is 1. The molecular formula is C12H21N. The van der Waals surface area contributed by atoms with Gasteiger partial charge in [-0.3, -0.25) is 0 Å². The Kier molecular flexibility index (Phi) is 5.69. The first-order chi connectivity index (χ1) is 6.43. The van der Waals surface area contributed by atoms with Gasteiger partial charge in [-0.05, 0) is 32.2 Å². The summed E-state index contributed by atoms with van der Waals surface area (Å²) in [5, 5.41) is 3.49. The molecule has 0 aromatic rings. The molecule has 0 saturated heterocycles. The molecule has 0 heterocycles. The quantitative estimate of drug-likeness (QED) is 0.516. The van der Waals surface area contributed by atoms with Crippen molar-refractivity contribution >= 4 is 0 Å². The van der Waals surface area contributed by atoms with E-state index in [1.807, 2.05) is 6.92 Å². The zero-order valence-electron chi connectivity index (χ0n) is 8.73. The highest BCUT2D eigenvalue weighted by Crippen LogP contribution is 2.22. The van der Waals surface area contributed by atoms with Crippen LogP contribution in [0.5, 0.6) is 0 Å². The lowest BCUT2D eigenvalue weighted by atomic mass is 9.89. The molecule has 0 aliphatic heterocycles. The van der Waals surface area contributed by atoms with E-state index in [0.29, 0.717) is 0 Å². The molecule has 0 aromatic heterocycles. The average molecular weight is 179 g/mol. The molecule has 1 nitrogen and oxygen atoms in total. The van der Waals surface area contributed by atoms with Crippen molar-refractivity contribution in [2.45, 2.75) is 45.4 Å². The van der Waals surface area contributed by atoms with E-state index in [2.05, 4.69) is 17.2 Å². The SMILES string of the molecule is CC#CCCNCC1CCCCC1. The van der Waals surface area contributed by atoms with Crippen LogP contribution in [0.15, 0.2) is 0 Å². The number of hydrogen-bond donors (Lipinski definition) is 1. The van der Waals surface area contributed by atoms with Crippen LogP contribution in [-0.4, -0.2) is 13.1 Å². The largest absolute Gasteiger partial charge is 0.316 e. The molecule has 1 fully saturated rings. The van der Waals surface area contributed by atoms with Crippen molar-refractivity contribution in [1.82, 2.24) is 5.32 Å². The zero-order valence-corrected chi connectivity index (χ0v) is 8.73. The normalized spacial score (nSPS) is 17.9. The molecule has 1 aliphatic rings. The van der Waals surface area contributed by atoms with Crippen molar-refractivity contribution < 1.29 is 0 Å². The maximum absolute atomic E-state index is 3.49. The van der Waals surface area contributed by atoms with Gasteiger partial charge in [0.2, 0.25) is 0 Å². The predicted octanol–water partition coefficient (Wildman–Crippen LogP) is 2.57. The van der Waals surface area contributed by atoms with Crippen LogP contribution in [-0.2, 0) is 0 Å². The lowest BCUT2D eigenvalue weighted by molar-refractivity contribution is 0.344. The highest BCUT2D eigenvalue weighted by atomic mass is 14.8. The summed E-state index contributed by atoms with van der Waals surface area (Å²) in [6, 6.07) is 0. The van der Waals surface area contributed by atoms with E-state index in [0.717, 1.165) is 18.9 Å². The summed E-state index contributed by atoms with van der Waals surface area (Å²) in [4.78, 5) is 0. The minimum absolute atomic E-state index is 0.948. The second-order valence-corrected chi connectivity index (χ2v) is 3.88. The van der Waals surface area contributed by atoms with Crippen LogP contribution in [0.1, 0.15) is 45.4 Å². The van der Waals surface area contributed by atoms with E-state index < -0.39 is 0 Å². The molecule has 0 unspecified atom stereocenters. The minimum atomic E-state index is 0.948. The van der Waals surface area contributed by atoms with Crippen LogP contribution in [0, 0.1) is 17.8 Å². The second-order valence-electron chi connectivity index (χ2n) is 3.88. The summed E-state index contributed by atoms with van der Waals surface area (Å²) >= 11 is 0. The maximum Gasteiger partial charge on any atom is 0.0214 e. The fraction of sp³-hybridized carbons (Fsp3) is 0.833. The molecule has 0 amide bonds. The summed E-state index contributed by atoms with van der Waals surface area (Å²) < 4.78 is 0. The minimum Gasteiger partial charge on any atom is -0.316 e. The first-order valence-electron chi connectivity index (χ1n) is 5.54. The van der Waals surface area contributed by atoms with E-state index in [-0.39, 0.29) is 0 Å². The van der Waals surface area contributed by atoms with Gasteiger partial charge in [0, 0.05) is 13.0 Å². The van der Waals surface area contributed by atoms with Crippen molar-refractivity contribution in [3.8, 4) is 11.8 Å². The zero-order chi connectivity index (χ0) is 9.36. The summed E-state index contributed by atoms with van der Waals surface area (Å²) in [6.07, 6.45) is 8.22. The lowest BCUT2D eigenvalue weighted by Crippen LogP contribution is -2.25. The predicted molar refractivity (Wildman–Crippen MR) is 57.5 cm³/mol. The maximum atomic E-state index is 3.49. The Morgan fingerprint density at radius 1 is 1.23 bits per heavy atom. The van der Waals surface area contributed by atoms with Gasteiger partial charge in [0.1, 0.15) is 0 Å². The fourth-order valence-corrected chi connectivity index (χ4v) is 1.97. The molecule has 1 heteroatoms. The van der Waals surface area contributed by atoms with Crippen LogP contribution >= 0.6 is 0 Å². The Morgan fingerprint density at radius 3 is 2.69 bits per heavy atom. The number of rotatable bonds is 4. The summed E-state index contributed by atoms with van der Waals surface area (Å²) in [5.41, 5.74) is 0. The third-order valence-electron chi connectivity index (χ3n) is 2.76. The van der Waals surface area contributed by atoms with E-state index in [1.165, 1.54) is 38.6 Å². The molecule has 1 rings (SSSR count). The van der Waals surface area contributed by atoms with E-state index >= 15 is 0 Å². The summed E-state index contributed by atoms with van der Waals surface area (Å²) in [5.74, 6) is 6.94. The Hall–Kier alpha value is -0.480. The molecule has 1 saturated carbocycles. The molecule has 13 heavy (non-hydrogen) atoms.